The van der Waals surface area contributed by atoms with E-state index in [2.05, 4.69) is 26.0 Å². The number of hydrogen-bond acceptors (Lipinski definition) is 0. The Morgan fingerprint density at radius 3 is 2.17 bits per heavy atom. The molecule has 0 spiro atoms. The second kappa shape index (κ2) is 7.36. The van der Waals surface area contributed by atoms with Crippen LogP contribution < -0.4 is 0 Å². The van der Waals surface area contributed by atoms with Crippen LogP contribution in [0.2, 0.25) is 0 Å². The lowest BCUT2D eigenvalue weighted by Gasteiger charge is -2.36. The fourth-order valence-electron chi connectivity index (χ4n) is 3.73. The molecule has 0 unspecified atom stereocenters. The zero-order chi connectivity index (χ0) is 12.8. The van der Waals surface area contributed by atoms with Gasteiger partial charge in [0.05, 0.1) is 0 Å². The van der Waals surface area contributed by atoms with Crippen LogP contribution in [-0.4, -0.2) is 0 Å². The third kappa shape index (κ3) is 3.87. The van der Waals surface area contributed by atoms with Crippen LogP contribution >= 0.6 is 0 Å². The number of rotatable bonds is 4. The van der Waals surface area contributed by atoms with Gasteiger partial charge in [0.2, 0.25) is 0 Å². The molecule has 0 nitrogen and oxygen atoms in total. The molecule has 2 saturated carbocycles. The Labute approximate surface area is 114 Å². The zero-order valence-electron chi connectivity index (χ0n) is 12.4. The van der Waals surface area contributed by atoms with E-state index in [1.807, 2.05) is 11.8 Å². The third-order valence-corrected chi connectivity index (χ3v) is 5.09. The molecule has 0 aliphatic heterocycles. The molecule has 0 bridgehead atoms. The number of hydrogen-bond donors (Lipinski definition) is 0. The van der Waals surface area contributed by atoms with Crippen LogP contribution in [0.4, 0.5) is 0 Å². The van der Waals surface area contributed by atoms with Crippen LogP contribution in [0.25, 0.3) is 0 Å². The van der Waals surface area contributed by atoms with Gasteiger partial charge < -0.3 is 0 Å². The molecule has 2 radical (unpaired) electrons. The Morgan fingerprint density at radius 1 is 0.944 bits per heavy atom. The van der Waals surface area contributed by atoms with Crippen LogP contribution in [0.5, 0.6) is 0 Å². The van der Waals surface area contributed by atoms with E-state index in [1.54, 1.807) is 0 Å². The molecule has 2 aliphatic carbocycles. The van der Waals surface area contributed by atoms with Gasteiger partial charge >= 0.3 is 0 Å². The number of allylic oxidation sites excluding steroid dienone is 2. The van der Waals surface area contributed by atoms with E-state index in [0.29, 0.717) is 0 Å². The predicted molar refractivity (Wildman–Crippen MR) is 80.1 cm³/mol. The molecule has 0 heterocycles. The van der Waals surface area contributed by atoms with Gasteiger partial charge in [0.15, 0.2) is 0 Å². The van der Waals surface area contributed by atoms with Crippen molar-refractivity contribution in [3.63, 3.8) is 0 Å². The lowest BCUT2D eigenvalue weighted by atomic mass is 9.69. The molecule has 102 valence electrons. The van der Waals surface area contributed by atoms with Crippen molar-refractivity contribution in [2.24, 2.45) is 11.8 Å². The van der Waals surface area contributed by atoms with Crippen molar-refractivity contribution in [1.29, 1.82) is 0 Å². The minimum absolute atomic E-state index is 0.884. The highest BCUT2D eigenvalue weighted by Gasteiger charge is 2.30. The highest BCUT2D eigenvalue weighted by atomic mass is 14.3. The molecule has 0 saturated heterocycles. The first-order chi connectivity index (χ1) is 8.83. The molecule has 2 rings (SSSR count). The monoisotopic (exact) mass is 246 g/mol. The topological polar surface area (TPSA) is 0 Å². The summed E-state index contributed by atoms with van der Waals surface area (Å²) < 4.78 is 0. The first-order valence-corrected chi connectivity index (χ1v) is 8.18. The van der Waals surface area contributed by atoms with Crippen LogP contribution in [0.15, 0.2) is 12.2 Å². The van der Waals surface area contributed by atoms with Gasteiger partial charge in [-0.3, -0.25) is 0 Å². The standard InChI is InChI=1S/C18H30/c1-3-5-6-16-9-13-18(14-10-16)17-11-7-15(4-2)8-12-17/h5-6,16-17H,3-4,7-14H2,1-2H3/b6-5+. The van der Waals surface area contributed by atoms with Crippen molar-refractivity contribution in [2.45, 2.75) is 78.1 Å². The highest BCUT2D eigenvalue weighted by molar-refractivity contribution is 5.07. The SMILES string of the molecule is CC/C=C/C1CC[C](C2CC[C](CC)CC2)CC1. The van der Waals surface area contributed by atoms with Crippen molar-refractivity contribution < 1.29 is 0 Å². The molecular formula is C18H30. The Balaban J connectivity index is 1.71. The summed E-state index contributed by atoms with van der Waals surface area (Å²) in [5.74, 6) is 5.61. The van der Waals surface area contributed by atoms with Gasteiger partial charge in [0, 0.05) is 0 Å². The van der Waals surface area contributed by atoms with Crippen molar-refractivity contribution in [3.8, 4) is 0 Å². The van der Waals surface area contributed by atoms with Gasteiger partial charge in [-0.1, -0.05) is 26.0 Å². The molecular weight excluding hydrogens is 216 g/mol. The average Bonchev–Trinajstić information content (AvgIpc) is 2.46. The maximum absolute atomic E-state index is 2.47. The first-order valence-electron chi connectivity index (χ1n) is 8.18. The second-order valence-electron chi connectivity index (χ2n) is 6.21. The van der Waals surface area contributed by atoms with Gasteiger partial charge in [-0.15, -0.1) is 0 Å². The molecule has 2 aliphatic rings. The van der Waals surface area contributed by atoms with E-state index in [9.17, 15) is 0 Å². The minimum atomic E-state index is 0.884. The largest absolute Gasteiger partial charge is 0.0885 e. The van der Waals surface area contributed by atoms with Crippen molar-refractivity contribution >= 4 is 0 Å². The summed E-state index contributed by atoms with van der Waals surface area (Å²) >= 11 is 0. The van der Waals surface area contributed by atoms with E-state index in [4.69, 9.17) is 0 Å². The van der Waals surface area contributed by atoms with E-state index in [0.717, 1.165) is 11.8 Å². The van der Waals surface area contributed by atoms with Crippen LogP contribution in [0.3, 0.4) is 0 Å². The lowest BCUT2D eigenvalue weighted by Crippen LogP contribution is -2.23. The van der Waals surface area contributed by atoms with Crippen LogP contribution in [0.1, 0.15) is 78.1 Å². The molecule has 0 N–H and O–H groups in total. The smallest absolute Gasteiger partial charge is 0.0210 e. The minimum Gasteiger partial charge on any atom is -0.0885 e. The van der Waals surface area contributed by atoms with Crippen molar-refractivity contribution in [2.75, 3.05) is 0 Å². The maximum atomic E-state index is 2.47. The highest BCUT2D eigenvalue weighted by Crippen LogP contribution is 2.43. The summed E-state index contributed by atoms with van der Waals surface area (Å²) in [6.45, 7) is 4.56. The van der Waals surface area contributed by atoms with Gasteiger partial charge in [-0.05, 0) is 87.9 Å². The predicted octanol–water partition coefficient (Wildman–Crippen LogP) is 5.89. The Bertz CT molecular complexity index is 237. The fourth-order valence-corrected chi connectivity index (χ4v) is 3.73. The molecule has 0 aromatic rings. The quantitative estimate of drug-likeness (QED) is 0.542. The molecule has 0 atom stereocenters. The van der Waals surface area contributed by atoms with E-state index >= 15 is 0 Å². The Morgan fingerprint density at radius 2 is 1.61 bits per heavy atom. The summed E-state index contributed by atoms with van der Waals surface area (Å²) in [4.78, 5) is 0. The third-order valence-electron chi connectivity index (χ3n) is 5.09. The summed E-state index contributed by atoms with van der Waals surface area (Å²) in [5.41, 5.74) is 0. The molecule has 0 heteroatoms. The van der Waals surface area contributed by atoms with E-state index < -0.39 is 0 Å². The van der Waals surface area contributed by atoms with Crippen LogP contribution in [-0.2, 0) is 0 Å². The average molecular weight is 246 g/mol. The molecule has 0 aromatic heterocycles. The van der Waals surface area contributed by atoms with Crippen molar-refractivity contribution in [1.82, 2.24) is 0 Å². The van der Waals surface area contributed by atoms with Gasteiger partial charge in [-0.25, -0.2) is 0 Å². The van der Waals surface area contributed by atoms with Crippen molar-refractivity contribution in [3.05, 3.63) is 24.0 Å². The Hall–Kier alpha value is -0.260. The Kier molecular flexibility index (Phi) is 5.79. The summed E-state index contributed by atoms with van der Waals surface area (Å²) in [6.07, 6.45) is 18.8. The molecule has 2 fully saturated rings. The summed E-state index contributed by atoms with van der Waals surface area (Å²) in [5, 5.41) is 0. The van der Waals surface area contributed by atoms with E-state index in [1.165, 1.54) is 64.2 Å². The van der Waals surface area contributed by atoms with Gasteiger partial charge in [-0.2, -0.15) is 0 Å². The maximum Gasteiger partial charge on any atom is -0.0210 e. The summed E-state index contributed by atoms with van der Waals surface area (Å²) in [6, 6.07) is 0. The molecule has 18 heavy (non-hydrogen) atoms. The van der Waals surface area contributed by atoms with Crippen LogP contribution in [0, 0.1) is 23.7 Å². The van der Waals surface area contributed by atoms with Gasteiger partial charge in [0.25, 0.3) is 0 Å². The molecule has 0 amide bonds. The second-order valence-corrected chi connectivity index (χ2v) is 6.21. The normalized spacial score (nSPS) is 26.1. The fraction of sp³-hybridized carbons (Fsp3) is 0.778. The zero-order valence-corrected chi connectivity index (χ0v) is 12.4. The van der Waals surface area contributed by atoms with Gasteiger partial charge in [0.1, 0.15) is 0 Å². The molecule has 0 aromatic carbocycles. The summed E-state index contributed by atoms with van der Waals surface area (Å²) in [7, 11) is 0. The van der Waals surface area contributed by atoms with E-state index in [-0.39, 0.29) is 0 Å². The lowest BCUT2D eigenvalue weighted by molar-refractivity contribution is 0.312. The first kappa shape index (κ1) is 14.2.